The van der Waals surface area contributed by atoms with E-state index < -0.39 is 18.0 Å². The minimum atomic E-state index is -0.568. The summed E-state index contributed by atoms with van der Waals surface area (Å²) in [6.45, 7) is 3.93. The van der Waals surface area contributed by atoms with E-state index in [1.807, 2.05) is 4.90 Å². The Bertz CT molecular complexity index is 770. The van der Waals surface area contributed by atoms with Crippen molar-refractivity contribution in [3.8, 4) is 0 Å². The number of thiol groups is 1. The van der Waals surface area contributed by atoms with Crippen LogP contribution in [0, 0.1) is 5.82 Å². The van der Waals surface area contributed by atoms with E-state index in [9.17, 15) is 18.8 Å². The van der Waals surface area contributed by atoms with Crippen LogP contribution in [0.4, 0.5) is 20.6 Å². The molecule has 10 heteroatoms. The molecule has 2 saturated heterocycles. The number of ether oxygens (including phenoxy) is 1. The SMILES string of the molecule is CC(=O)NC[C@H]1CN(c2ccc(N3CCN(C(=O)CS)CC3)c(F)c2)C(=O)O1. The predicted octanol–water partition coefficient (Wildman–Crippen LogP) is 0.865. The number of benzene rings is 1. The fraction of sp³-hybridized carbons (Fsp3) is 0.500. The Morgan fingerprint density at radius 1 is 1.29 bits per heavy atom. The highest BCUT2D eigenvalue weighted by Gasteiger charge is 2.33. The summed E-state index contributed by atoms with van der Waals surface area (Å²) >= 11 is 4.00. The van der Waals surface area contributed by atoms with E-state index in [0.717, 1.165) is 0 Å². The van der Waals surface area contributed by atoms with Crippen LogP contribution in [0.2, 0.25) is 0 Å². The van der Waals surface area contributed by atoms with Gasteiger partial charge in [-0.2, -0.15) is 12.6 Å². The number of piperazine rings is 1. The number of hydrogen-bond acceptors (Lipinski definition) is 6. The van der Waals surface area contributed by atoms with E-state index in [1.54, 1.807) is 17.0 Å². The van der Waals surface area contributed by atoms with Gasteiger partial charge in [0.2, 0.25) is 11.8 Å². The molecule has 2 fully saturated rings. The molecule has 1 aromatic carbocycles. The van der Waals surface area contributed by atoms with Crippen LogP contribution in [0.25, 0.3) is 0 Å². The normalized spacial score (nSPS) is 19.6. The molecule has 2 aliphatic rings. The minimum absolute atomic E-state index is 0.0276. The summed E-state index contributed by atoms with van der Waals surface area (Å²) in [5.74, 6) is -0.511. The van der Waals surface area contributed by atoms with Gasteiger partial charge in [0.1, 0.15) is 11.9 Å². The topological polar surface area (TPSA) is 82.2 Å². The maximum absolute atomic E-state index is 14.7. The summed E-state index contributed by atoms with van der Waals surface area (Å²) in [4.78, 5) is 39.7. The molecule has 0 bridgehead atoms. The maximum atomic E-state index is 14.7. The molecule has 0 spiro atoms. The Morgan fingerprint density at radius 2 is 2.00 bits per heavy atom. The zero-order valence-electron chi connectivity index (χ0n) is 15.6. The molecule has 0 radical (unpaired) electrons. The predicted molar refractivity (Wildman–Crippen MR) is 105 cm³/mol. The van der Waals surface area contributed by atoms with Gasteiger partial charge in [-0.25, -0.2) is 9.18 Å². The van der Waals surface area contributed by atoms with Gasteiger partial charge in [0, 0.05) is 33.1 Å². The molecule has 2 aliphatic heterocycles. The summed E-state index contributed by atoms with van der Waals surface area (Å²) in [5.41, 5.74) is 0.838. The number of nitrogens with zero attached hydrogens (tertiary/aromatic N) is 3. The Hall–Kier alpha value is -2.49. The molecule has 1 atom stereocenters. The van der Waals surface area contributed by atoms with E-state index in [1.165, 1.54) is 17.9 Å². The molecular formula is C18H23FN4O4S. The third-order valence-corrected chi connectivity index (χ3v) is 5.07. The van der Waals surface area contributed by atoms with Gasteiger partial charge in [0.25, 0.3) is 0 Å². The van der Waals surface area contributed by atoms with Crippen molar-refractivity contribution in [3.05, 3.63) is 24.0 Å². The van der Waals surface area contributed by atoms with E-state index in [-0.39, 0.29) is 30.7 Å². The van der Waals surface area contributed by atoms with Crippen LogP contribution in [-0.2, 0) is 14.3 Å². The lowest BCUT2D eigenvalue weighted by molar-refractivity contribution is -0.128. The lowest BCUT2D eigenvalue weighted by Gasteiger charge is -2.36. The first kappa shape index (κ1) is 20.2. The van der Waals surface area contributed by atoms with Crippen LogP contribution in [-0.4, -0.2) is 73.9 Å². The Labute approximate surface area is 168 Å². The minimum Gasteiger partial charge on any atom is -0.442 e. The van der Waals surface area contributed by atoms with Crippen molar-refractivity contribution in [3.63, 3.8) is 0 Å². The third-order valence-electron chi connectivity index (χ3n) is 4.80. The zero-order chi connectivity index (χ0) is 20.3. The number of amides is 3. The van der Waals surface area contributed by atoms with E-state index in [0.29, 0.717) is 37.6 Å². The number of nitrogens with one attached hydrogen (secondary N) is 1. The molecule has 1 N–H and O–H groups in total. The van der Waals surface area contributed by atoms with E-state index in [4.69, 9.17) is 4.74 Å². The Morgan fingerprint density at radius 3 is 2.61 bits per heavy atom. The highest BCUT2D eigenvalue weighted by atomic mass is 32.1. The zero-order valence-corrected chi connectivity index (χ0v) is 16.5. The average molecular weight is 410 g/mol. The van der Waals surface area contributed by atoms with Crippen molar-refractivity contribution in [1.82, 2.24) is 10.2 Å². The summed E-state index contributed by atoms with van der Waals surface area (Å²) in [6, 6.07) is 4.61. The molecule has 2 heterocycles. The van der Waals surface area contributed by atoms with Crippen LogP contribution >= 0.6 is 12.6 Å². The van der Waals surface area contributed by atoms with Gasteiger partial charge < -0.3 is 19.9 Å². The lowest BCUT2D eigenvalue weighted by Crippen LogP contribution is -2.49. The lowest BCUT2D eigenvalue weighted by atomic mass is 10.2. The van der Waals surface area contributed by atoms with Crippen molar-refractivity contribution >= 4 is 41.9 Å². The first-order valence-electron chi connectivity index (χ1n) is 9.04. The second-order valence-electron chi connectivity index (χ2n) is 6.72. The second kappa shape index (κ2) is 8.68. The van der Waals surface area contributed by atoms with Crippen molar-refractivity contribution in [2.45, 2.75) is 13.0 Å². The first-order chi connectivity index (χ1) is 13.4. The highest BCUT2D eigenvalue weighted by molar-refractivity contribution is 7.81. The fourth-order valence-electron chi connectivity index (χ4n) is 3.31. The van der Waals surface area contributed by atoms with Gasteiger partial charge >= 0.3 is 6.09 Å². The average Bonchev–Trinajstić information content (AvgIpc) is 3.06. The van der Waals surface area contributed by atoms with Gasteiger partial charge in [-0.15, -0.1) is 0 Å². The molecule has 3 rings (SSSR count). The quantitative estimate of drug-likeness (QED) is 0.704. The van der Waals surface area contributed by atoms with Gasteiger partial charge in [0.15, 0.2) is 0 Å². The number of halogens is 1. The molecule has 1 aromatic rings. The molecule has 0 unspecified atom stereocenters. The van der Waals surface area contributed by atoms with Gasteiger partial charge in [-0.3, -0.25) is 14.5 Å². The Balaban J connectivity index is 1.64. The number of carbonyl (C=O) groups excluding carboxylic acids is 3. The molecule has 0 aromatic heterocycles. The van der Waals surface area contributed by atoms with Crippen LogP contribution < -0.4 is 15.1 Å². The maximum Gasteiger partial charge on any atom is 0.414 e. The standard InChI is InChI=1S/C18H23FN4O4S/c1-12(24)20-9-14-10-23(18(26)27-14)13-2-3-16(15(19)8-13)21-4-6-22(7-5-21)17(25)11-28/h2-3,8,14,28H,4-7,9-11H2,1H3,(H,20,24)/t14-/m0/s1. The molecule has 3 amide bonds. The largest absolute Gasteiger partial charge is 0.442 e. The molecule has 28 heavy (non-hydrogen) atoms. The molecule has 0 aliphatic carbocycles. The van der Waals surface area contributed by atoms with E-state index in [2.05, 4.69) is 17.9 Å². The van der Waals surface area contributed by atoms with Gasteiger partial charge in [-0.05, 0) is 18.2 Å². The smallest absolute Gasteiger partial charge is 0.414 e. The molecular weight excluding hydrogens is 387 g/mol. The number of anilines is 2. The number of hydrogen-bond donors (Lipinski definition) is 2. The van der Waals surface area contributed by atoms with Crippen LogP contribution in [0.5, 0.6) is 0 Å². The number of cyclic esters (lactones) is 1. The first-order valence-corrected chi connectivity index (χ1v) is 9.68. The van der Waals surface area contributed by atoms with Crippen molar-refractivity contribution in [1.29, 1.82) is 0 Å². The van der Waals surface area contributed by atoms with Crippen LogP contribution in [0.1, 0.15) is 6.92 Å². The second-order valence-corrected chi connectivity index (χ2v) is 7.03. The van der Waals surface area contributed by atoms with Crippen molar-refractivity contribution in [2.75, 3.05) is 54.8 Å². The fourth-order valence-corrected chi connectivity index (χ4v) is 3.51. The number of rotatable bonds is 5. The van der Waals surface area contributed by atoms with Gasteiger partial charge in [-0.1, -0.05) is 0 Å². The Kier molecular flexibility index (Phi) is 6.28. The molecule has 8 nitrogen and oxygen atoms in total. The summed E-state index contributed by atoms with van der Waals surface area (Å²) in [7, 11) is 0. The third kappa shape index (κ3) is 4.49. The summed E-state index contributed by atoms with van der Waals surface area (Å²) in [5, 5.41) is 2.60. The van der Waals surface area contributed by atoms with Gasteiger partial charge in [0.05, 0.1) is 30.2 Å². The van der Waals surface area contributed by atoms with Crippen molar-refractivity contribution < 1.29 is 23.5 Å². The van der Waals surface area contributed by atoms with Crippen molar-refractivity contribution in [2.24, 2.45) is 0 Å². The summed E-state index contributed by atoms with van der Waals surface area (Å²) in [6.07, 6.45) is -1.04. The molecule has 0 saturated carbocycles. The van der Waals surface area contributed by atoms with E-state index >= 15 is 0 Å². The monoisotopic (exact) mass is 410 g/mol. The van der Waals surface area contributed by atoms with Crippen LogP contribution in [0.3, 0.4) is 0 Å². The summed E-state index contributed by atoms with van der Waals surface area (Å²) < 4.78 is 19.9. The molecule has 152 valence electrons. The number of carbonyl (C=O) groups is 3. The highest BCUT2D eigenvalue weighted by Crippen LogP contribution is 2.28. The van der Waals surface area contributed by atoms with Crippen LogP contribution in [0.15, 0.2) is 18.2 Å².